The van der Waals surface area contributed by atoms with Gasteiger partial charge < -0.3 is 28.8 Å². The van der Waals surface area contributed by atoms with Crippen molar-refractivity contribution in [3.05, 3.63) is 23.8 Å². The van der Waals surface area contributed by atoms with Gasteiger partial charge in [-0.15, -0.1) is 0 Å². The van der Waals surface area contributed by atoms with Crippen LogP contribution >= 0.6 is 0 Å². The molecule has 1 aromatic rings. The van der Waals surface area contributed by atoms with Gasteiger partial charge in [0.15, 0.2) is 12.1 Å². The quantitative estimate of drug-likeness (QED) is 0.728. The standard InChI is InChI=1S/C23H32O6/c1-5-15-7-8-22(4)28-21-23(15,29-22)18(6-2)13(3)20(27-21)26-17-10-14(19-12-25-19)9-16(24)11-17/h9-11,13,15,18-21,24H,5-8,12H2,1-4H3/t13-,15?,18?,19?,20?,21?,22-,23?/m1/s1. The molecule has 6 unspecified atom stereocenters. The van der Waals surface area contributed by atoms with E-state index in [0.717, 1.165) is 31.2 Å². The number of rotatable bonds is 5. The molecule has 160 valence electrons. The van der Waals surface area contributed by atoms with Crippen molar-refractivity contribution < 1.29 is 28.8 Å². The van der Waals surface area contributed by atoms with Gasteiger partial charge in [-0.05, 0) is 43.4 Å². The lowest BCUT2D eigenvalue weighted by Crippen LogP contribution is -2.63. The Balaban J connectivity index is 1.44. The maximum atomic E-state index is 10.1. The van der Waals surface area contributed by atoms with Crippen molar-refractivity contribution in [2.45, 2.75) is 83.5 Å². The lowest BCUT2D eigenvalue weighted by atomic mass is 9.65. The Morgan fingerprint density at radius 3 is 2.69 bits per heavy atom. The largest absolute Gasteiger partial charge is 0.508 e. The molecular formula is C23H32O6. The Morgan fingerprint density at radius 1 is 1.21 bits per heavy atom. The maximum Gasteiger partial charge on any atom is 0.205 e. The number of benzene rings is 1. The van der Waals surface area contributed by atoms with Crippen LogP contribution in [-0.4, -0.2) is 35.7 Å². The molecule has 6 heteroatoms. The van der Waals surface area contributed by atoms with Crippen molar-refractivity contribution in [1.29, 1.82) is 0 Å². The summed E-state index contributed by atoms with van der Waals surface area (Å²) >= 11 is 0. The first-order chi connectivity index (χ1) is 13.9. The molecule has 4 aliphatic rings. The van der Waals surface area contributed by atoms with Crippen molar-refractivity contribution in [2.75, 3.05) is 6.61 Å². The molecule has 1 N–H and O–H groups in total. The molecule has 1 spiro atoms. The van der Waals surface area contributed by atoms with E-state index in [1.54, 1.807) is 12.1 Å². The average molecular weight is 405 g/mol. The smallest absolute Gasteiger partial charge is 0.205 e. The van der Waals surface area contributed by atoms with Crippen LogP contribution in [0, 0.1) is 17.8 Å². The van der Waals surface area contributed by atoms with Gasteiger partial charge in [-0.1, -0.05) is 27.2 Å². The molecule has 4 aliphatic heterocycles. The molecule has 4 fully saturated rings. The van der Waals surface area contributed by atoms with Gasteiger partial charge in [0, 0.05) is 24.3 Å². The van der Waals surface area contributed by atoms with E-state index >= 15 is 0 Å². The summed E-state index contributed by atoms with van der Waals surface area (Å²) in [5.74, 6) is 0.989. The number of aromatic hydroxyl groups is 1. The van der Waals surface area contributed by atoms with Gasteiger partial charge in [-0.3, -0.25) is 0 Å². The van der Waals surface area contributed by atoms with E-state index < -0.39 is 24.0 Å². The minimum atomic E-state index is -0.583. The first-order valence-electron chi connectivity index (χ1n) is 11.0. The number of hydrogen-bond acceptors (Lipinski definition) is 6. The van der Waals surface area contributed by atoms with Crippen LogP contribution < -0.4 is 4.74 Å². The van der Waals surface area contributed by atoms with Gasteiger partial charge in [-0.25, -0.2) is 0 Å². The predicted octanol–water partition coefficient (Wildman–Crippen LogP) is 4.51. The number of phenols is 1. The van der Waals surface area contributed by atoms with Crippen molar-refractivity contribution in [3.8, 4) is 11.5 Å². The number of phenolic OH excluding ortho intramolecular Hbond substituents is 1. The van der Waals surface area contributed by atoms with Gasteiger partial charge in [-0.2, -0.15) is 0 Å². The van der Waals surface area contributed by atoms with Crippen LogP contribution in [0.25, 0.3) is 0 Å². The van der Waals surface area contributed by atoms with E-state index in [9.17, 15) is 5.11 Å². The zero-order valence-electron chi connectivity index (χ0n) is 17.7. The summed E-state index contributed by atoms with van der Waals surface area (Å²) in [5.41, 5.74) is 0.517. The van der Waals surface area contributed by atoms with Crippen LogP contribution in [-0.2, 0) is 18.9 Å². The molecule has 1 aromatic carbocycles. The molecule has 29 heavy (non-hydrogen) atoms. The summed E-state index contributed by atoms with van der Waals surface area (Å²) < 4.78 is 31.1. The van der Waals surface area contributed by atoms with Crippen molar-refractivity contribution >= 4 is 0 Å². The highest BCUT2D eigenvalue weighted by atomic mass is 16.9. The van der Waals surface area contributed by atoms with E-state index in [-0.39, 0.29) is 23.7 Å². The summed E-state index contributed by atoms with van der Waals surface area (Å²) in [5, 5.41) is 10.1. The highest BCUT2D eigenvalue weighted by molar-refractivity contribution is 5.39. The molecule has 5 rings (SSSR count). The second-order valence-corrected chi connectivity index (χ2v) is 9.26. The summed E-state index contributed by atoms with van der Waals surface area (Å²) in [6.45, 7) is 9.34. The molecule has 8 atom stereocenters. The van der Waals surface area contributed by atoms with Crippen LogP contribution in [0.4, 0.5) is 0 Å². The predicted molar refractivity (Wildman–Crippen MR) is 105 cm³/mol. The van der Waals surface area contributed by atoms with E-state index in [1.165, 1.54) is 0 Å². The van der Waals surface area contributed by atoms with Gasteiger partial charge in [0.2, 0.25) is 6.29 Å². The second kappa shape index (κ2) is 6.84. The lowest BCUT2D eigenvalue weighted by Gasteiger charge is -2.53. The molecule has 0 amide bonds. The third-order valence-electron chi connectivity index (χ3n) is 7.41. The third-order valence-corrected chi connectivity index (χ3v) is 7.41. The van der Waals surface area contributed by atoms with Crippen molar-refractivity contribution in [3.63, 3.8) is 0 Å². The SMILES string of the molecule is CCC1CC[C@]2(C)OC3OC(Oc4cc(O)cc(C5CO5)c4)[C@H](C)C(CC)C13O2. The maximum absolute atomic E-state index is 10.1. The van der Waals surface area contributed by atoms with Gasteiger partial charge in [0.05, 0.1) is 6.61 Å². The Kier molecular flexibility index (Phi) is 4.63. The number of epoxide rings is 1. The van der Waals surface area contributed by atoms with Gasteiger partial charge >= 0.3 is 0 Å². The zero-order valence-corrected chi connectivity index (χ0v) is 17.7. The zero-order chi connectivity index (χ0) is 20.4. The fraction of sp³-hybridized carbons (Fsp3) is 0.739. The van der Waals surface area contributed by atoms with Crippen LogP contribution in [0.2, 0.25) is 0 Å². The highest BCUT2D eigenvalue weighted by Gasteiger charge is 2.69. The first-order valence-corrected chi connectivity index (χ1v) is 11.0. The molecule has 0 saturated carbocycles. The van der Waals surface area contributed by atoms with E-state index in [2.05, 4.69) is 20.8 Å². The lowest BCUT2D eigenvalue weighted by molar-refractivity contribution is -0.308. The first kappa shape index (κ1) is 19.6. The third kappa shape index (κ3) is 3.07. The molecule has 0 radical (unpaired) electrons. The Labute approximate surface area is 172 Å². The molecule has 4 saturated heterocycles. The van der Waals surface area contributed by atoms with E-state index in [0.29, 0.717) is 18.3 Å². The number of hydrogen-bond donors (Lipinski definition) is 1. The topological polar surface area (TPSA) is 69.7 Å². The Hall–Kier alpha value is -1.34. The molecule has 0 aliphatic carbocycles. The second-order valence-electron chi connectivity index (χ2n) is 9.26. The summed E-state index contributed by atoms with van der Waals surface area (Å²) in [7, 11) is 0. The average Bonchev–Trinajstić information content (AvgIpc) is 3.48. The summed E-state index contributed by atoms with van der Waals surface area (Å²) in [4.78, 5) is 0. The van der Waals surface area contributed by atoms with Crippen molar-refractivity contribution in [1.82, 2.24) is 0 Å². The van der Waals surface area contributed by atoms with Crippen LogP contribution in [0.1, 0.15) is 65.0 Å². The highest BCUT2D eigenvalue weighted by Crippen LogP contribution is 2.59. The molecular weight excluding hydrogens is 372 g/mol. The van der Waals surface area contributed by atoms with Crippen LogP contribution in [0.3, 0.4) is 0 Å². The molecule has 4 heterocycles. The van der Waals surface area contributed by atoms with E-state index in [4.69, 9.17) is 23.7 Å². The summed E-state index contributed by atoms with van der Waals surface area (Å²) in [6, 6.07) is 5.29. The minimum absolute atomic E-state index is 0.0527. The Bertz CT molecular complexity index is 779. The summed E-state index contributed by atoms with van der Waals surface area (Å²) in [6.07, 6.45) is 3.16. The van der Waals surface area contributed by atoms with Crippen molar-refractivity contribution in [2.24, 2.45) is 17.8 Å². The number of fused-ring (bicyclic) bond motifs is 1. The minimum Gasteiger partial charge on any atom is -0.508 e. The normalized spacial score (nSPS) is 45.7. The van der Waals surface area contributed by atoms with Crippen LogP contribution in [0.5, 0.6) is 11.5 Å². The molecule has 6 nitrogen and oxygen atoms in total. The Morgan fingerprint density at radius 2 is 2.00 bits per heavy atom. The molecule has 0 aromatic heterocycles. The van der Waals surface area contributed by atoms with Crippen LogP contribution in [0.15, 0.2) is 18.2 Å². The monoisotopic (exact) mass is 404 g/mol. The fourth-order valence-electron chi connectivity index (χ4n) is 5.93. The van der Waals surface area contributed by atoms with Gasteiger partial charge in [0.1, 0.15) is 23.2 Å². The fourth-order valence-corrected chi connectivity index (χ4v) is 5.93. The van der Waals surface area contributed by atoms with Gasteiger partial charge in [0.25, 0.3) is 0 Å². The van der Waals surface area contributed by atoms with E-state index in [1.807, 2.05) is 13.0 Å². The molecule has 2 bridgehead atoms. The number of ether oxygens (including phenoxy) is 5.